The van der Waals surface area contributed by atoms with E-state index in [1.54, 1.807) is 31.3 Å². The molecule has 130 valence electrons. The SMILES string of the molecule is Cn1ncc(-c2nc(C3CC3)no2)c1NS(=O)(=O)c1ccc(I)cc1. The molecular formula is C15H14IN5O3S. The number of halogens is 1. The van der Waals surface area contributed by atoms with Gasteiger partial charge < -0.3 is 4.52 Å². The maximum atomic E-state index is 12.6. The minimum atomic E-state index is -3.75. The predicted molar refractivity (Wildman–Crippen MR) is 98.4 cm³/mol. The Labute approximate surface area is 157 Å². The van der Waals surface area contributed by atoms with Gasteiger partial charge >= 0.3 is 0 Å². The lowest BCUT2D eigenvalue weighted by Gasteiger charge is -2.09. The summed E-state index contributed by atoms with van der Waals surface area (Å²) in [5.41, 5.74) is 0.455. The summed E-state index contributed by atoms with van der Waals surface area (Å²) >= 11 is 2.12. The Bertz CT molecular complexity index is 1020. The summed E-state index contributed by atoms with van der Waals surface area (Å²) < 4.78 is 35.5. The van der Waals surface area contributed by atoms with Gasteiger partial charge in [0.15, 0.2) is 11.6 Å². The highest BCUT2D eigenvalue weighted by Crippen LogP contribution is 2.39. The predicted octanol–water partition coefficient (Wildman–Crippen LogP) is 2.75. The van der Waals surface area contributed by atoms with Crippen molar-refractivity contribution in [3.05, 3.63) is 39.9 Å². The first-order valence-corrected chi connectivity index (χ1v) is 10.1. The molecule has 0 amide bonds. The van der Waals surface area contributed by atoms with E-state index in [1.807, 2.05) is 0 Å². The minimum Gasteiger partial charge on any atom is -0.334 e. The fourth-order valence-electron chi connectivity index (χ4n) is 2.37. The molecule has 1 fully saturated rings. The minimum absolute atomic E-state index is 0.171. The number of hydrogen-bond donors (Lipinski definition) is 1. The van der Waals surface area contributed by atoms with E-state index in [0.29, 0.717) is 17.3 Å². The second kappa shape index (κ2) is 6.09. The molecule has 1 aliphatic carbocycles. The summed E-state index contributed by atoms with van der Waals surface area (Å²) in [6.07, 6.45) is 3.62. The van der Waals surface area contributed by atoms with Crippen LogP contribution in [-0.4, -0.2) is 28.3 Å². The molecule has 1 aromatic carbocycles. The molecule has 0 radical (unpaired) electrons. The van der Waals surface area contributed by atoms with Crippen molar-refractivity contribution in [1.82, 2.24) is 19.9 Å². The molecule has 4 rings (SSSR count). The number of aromatic nitrogens is 4. The van der Waals surface area contributed by atoms with Crippen molar-refractivity contribution in [2.45, 2.75) is 23.7 Å². The maximum absolute atomic E-state index is 12.6. The van der Waals surface area contributed by atoms with E-state index in [0.717, 1.165) is 16.4 Å². The third-order valence-corrected chi connectivity index (χ3v) is 5.98. The Morgan fingerprint density at radius 2 is 2.00 bits per heavy atom. The third kappa shape index (κ3) is 3.27. The standard InChI is InChI=1S/C15H14IN5O3S/c1-21-14(20-25(22,23)11-6-4-10(16)5-7-11)12(8-17-21)15-18-13(19-24-15)9-2-3-9/h4-9,20H,2-3H2,1H3. The van der Waals surface area contributed by atoms with Crippen LogP contribution in [-0.2, 0) is 17.1 Å². The fourth-order valence-corrected chi connectivity index (χ4v) is 3.84. The second-order valence-electron chi connectivity index (χ2n) is 5.82. The zero-order valence-electron chi connectivity index (χ0n) is 13.2. The number of benzene rings is 1. The monoisotopic (exact) mass is 471 g/mol. The number of hydrogen-bond acceptors (Lipinski definition) is 6. The number of nitrogens with zero attached hydrogens (tertiary/aromatic N) is 4. The summed E-state index contributed by atoms with van der Waals surface area (Å²) in [4.78, 5) is 4.53. The van der Waals surface area contributed by atoms with Gasteiger partial charge in [-0.1, -0.05) is 5.16 Å². The lowest BCUT2D eigenvalue weighted by molar-refractivity contribution is 0.423. The first-order chi connectivity index (χ1) is 11.9. The molecule has 8 nitrogen and oxygen atoms in total. The van der Waals surface area contributed by atoms with Crippen molar-refractivity contribution < 1.29 is 12.9 Å². The van der Waals surface area contributed by atoms with Crippen LogP contribution < -0.4 is 4.72 Å². The van der Waals surface area contributed by atoms with Crippen molar-refractivity contribution in [2.75, 3.05) is 4.72 Å². The molecule has 25 heavy (non-hydrogen) atoms. The highest BCUT2D eigenvalue weighted by atomic mass is 127. The molecule has 0 spiro atoms. The van der Waals surface area contributed by atoms with Crippen LogP contribution in [0.1, 0.15) is 24.6 Å². The molecule has 2 heterocycles. The molecule has 3 aromatic rings. The highest BCUT2D eigenvalue weighted by molar-refractivity contribution is 14.1. The lowest BCUT2D eigenvalue weighted by atomic mass is 10.3. The topological polar surface area (TPSA) is 103 Å². The van der Waals surface area contributed by atoms with Crippen molar-refractivity contribution in [3.63, 3.8) is 0 Å². The molecule has 10 heteroatoms. The highest BCUT2D eigenvalue weighted by Gasteiger charge is 2.30. The van der Waals surface area contributed by atoms with Gasteiger partial charge in [-0.05, 0) is 59.7 Å². The van der Waals surface area contributed by atoms with Crippen LogP contribution in [0.3, 0.4) is 0 Å². The van der Waals surface area contributed by atoms with Gasteiger partial charge in [0.1, 0.15) is 5.56 Å². The quantitative estimate of drug-likeness (QED) is 0.575. The molecule has 0 unspecified atom stereocenters. The van der Waals surface area contributed by atoms with E-state index in [9.17, 15) is 8.42 Å². The van der Waals surface area contributed by atoms with Gasteiger partial charge in [0.25, 0.3) is 15.9 Å². The summed E-state index contributed by atoms with van der Waals surface area (Å²) in [6, 6.07) is 6.58. The Kier molecular flexibility index (Phi) is 4.02. The maximum Gasteiger partial charge on any atom is 0.263 e. The normalized spacial score (nSPS) is 14.6. The number of anilines is 1. The molecule has 0 aliphatic heterocycles. The Morgan fingerprint density at radius 1 is 1.28 bits per heavy atom. The number of sulfonamides is 1. The zero-order valence-corrected chi connectivity index (χ0v) is 16.2. The molecule has 2 aromatic heterocycles. The summed E-state index contributed by atoms with van der Waals surface area (Å²) in [7, 11) is -2.11. The number of nitrogens with one attached hydrogen (secondary N) is 1. The lowest BCUT2D eigenvalue weighted by Crippen LogP contribution is -2.16. The molecule has 0 saturated heterocycles. The smallest absolute Gasteiger partial charge is 0.263 e. The van der Waals surface area contributed by atoms with Gasteiger partial charge in [-0.25, -0.2) is 8.42 Å². The Morgan fingerprint density at radius 3 is 2.68 bits per heavy atom. The van der Waals surface area contributed by atoms with Crippen LogP contribution in [0.4, 0.5) is 5.82 Å². The van der Waals surface area contributed by atoms with Crippen LogP contribution in [0.2, 0.25) is 0 Å². The van der Waals surface area contributed by atoms with Crippen LogP contribution in [0.15, 0.2) is 39.9 Å². The van der Waals surface area contributed by atoms with Crippen molar-refractivity contribution in [1.29, 1.82) is 0 Å². The van der Waals surface area contributed by atoms with Crippen LogP contribution in [0.5, 0.6) is 0 Å². The summed E-state index contributed by atoms with van der Waals surface area (Å²) in [5.74, 6) is 1.55. The van der Waals surface area contributed by atoms with Gasteiger partial charge in [-0.3, -0.25) is 9.40 Å². The third-order valence-electron chi connectivity index (χ3n) is 3.91. The van der Waals surface area contributed by atoms with Gasteiger partial charge in [0.05, 0.1) is 11.1 Å². The average Bonchev–Trinajstić information content (AvgIpc) is 3.21. The second-order valence-corrected chi connectivity index (χ2v) is 8.75. The van der Waals surface area contributed by atoms with Gasteiger partial charge in [0, 0.05) is 16.5 Å². The van der Waals surface area contributed by atoms with E-state index in [4.69, 9.17) is 4.52 Å². The average molecular weight is 471 g/mol. The summed E-state index contributed by atoms with van der Waals surface area (Å²) in [6.45, 7) is 0. The Balaban J connectivity index is 1.68. The van der Waals surface area contributed by atoms with Crippen LogP contribution in [0.25, 0.3) is 11.5 Å². The molecule has 1 saturated carbocycles. The van der Waals surface area contributed by atoms with Gasteiger partial charge in [-0.2, -0.15) is 10.1 Å². The molecular weight excluding hydrogens is 457 g/mol. The van der Waals surface area contributed by atoms with Crippen molar-refractivity contribution in [2.24, 2.45) is 7.05 Å². The van der Waals surface area contributed by atoms with E-state index in [-0.39, 0.29) is 16.6 Å². The van der Waals surface area contributed by atoms with E-state index in [1.165, 1.54) is 10.9 Å². The molecule has 1 aliphatic rings. The van der Waals surface area contributed by atoms with Crippen molar-refractivity contribution in [3.8, 4) is 11.5 Å². The largest absolute Gasteiger partial charge is 0.334 e. The molecule has 0 bridgehead atoms. The van der Waals surface area contributed by atoms with Crippen molar-refractivity contribution >= 4 is 38.4 Å². The van der Waals surface area contributed by atoms with Crippen LogP contribution >= 0.6 is 22.6 Å². The Hall–Kier alpha value is -1.95. The first kappa shape index (κ1) is 16.5. The van der Waals surface area contributed by atoms with Gasteiger partial charge in [-0.15, -0.1) is 0 Å². The zero-order chi connectivity index (χ0) is 17.6. The molecule has 1 N–H and O–H groups in total. The van der Waals surface area contributed by atoms with E-state index >= 15 is 0 Å². The van der Waals surface area contributed by atoms with Gasteiger partial charge in [0.2, 0.25) is 0 Å². The first-order valence-electron chi connectivity index (χ1n) is 7.58. The number of aryl methyl sites for hydroxylation is 1. The summed E-state index contributed by atoms with van der Waals surface area (Å²) in [5, 5.41) is 8.08. The molecule has 0 atom stereocenters. The number of rotatable bonds is 5. The van der Waals surface area contributed by atoms with E-state index in [2.05, 4.69) is 42.6 Å². The van der Waals surface area contributed by atoms with E-state index < -0.39 is 10.0 Å². The fraction of sp³-hybridized carbons (Fsp3) is 0.267. The van der Waals surface area contributed by atoms with Crippen LogP contribution in [0, 0.1) is 3.57 Å².